The van der Waals surface area contributed by atoms with Gasteiger partial charge in [-0.3, -0.25) is 0 Å². The summed E-state index contributed by atoms with van der Waals surface area (Å²) in [7, 11) is 0.699. The summed E-state index contributed by atoms with van der Waals surface area (Å²) in [6, 6.07) is 84.9. The van der Waals surface area contributed by atoms with Crippen LogP contribution in [0.5, 0.6) is 5.75 Å². The Balaban J connectivity index is 0.000000132. The smallest absolute Gasteiger partial charge is 0.537 e. The first kappa shape index (κ1) is 46.8. The fourth-order valence-electron chi connectivity index (χ4n) is 9.08. The number of fused-ring (bicyclic) bond motifs is 6. The van der Waals surface area contributed by atoms with E-state index in [9.17, 15) is 0 Å². The zero-order chi connectivity index (χ0) is 47.8. The second-order valence-electron chi connectivity index (χ2n) is 16.9. The van der Waals surface area contributed by atoms with Gasteiger partial charge in [-0.2, -0.15) is 0 Å². The van der Waals surface area contributed by atoms with E-state index in [1.165, 1.54) is 71.6 Å². The van der Waals surface area contributed by atoms with Crippen molar-refractivity contribution in [3.8, 4) is 28.3 Å². The van der Waals surface area contributed by atoms with Crippen molar-refractivity contribution in [2.45, 2.75) is 12.8 Å². The lowest BCUT2D eigenvalue weighted by molar-refractivity contribution is 0.453. The van der Waals surface area contributed by atoms with Crippen LogP contribution >= 0.6 is 47.8 Å². The third kappa shape index (κ3) is 10.6. The van der Waals surface area contributed by atoms with Crippen LogP contribution in [0.4, 0.5) is 0 Å². The monoisotopic (exact) mass is 1100 g/mol. The number of nitrogens with zero attached hydrogens (tertiary/aromatic N) is 2. The summed E-state index contributed by atoms with van der Waals surface area (Å²) in [4.78, 5) is 0. The predicted octanol–water partition coefficient (Wildman–Crippen LogP) is 17.3. The Morgan fingerprint density at radius 3 is 1.07 bits per heavy atom. The van der Waals surface area contributed by atoms with E-state index < -0.39 is 0 Å². The first-order chi connectivity index (χ1) is 34.4. The molecule has 12 rings (SSSR count). The molecule has 4 nitrogen and oxygen atoms in total. The zero-order valence-electron chi connectivity index (χ0n) is 38.0. The van der Waals surface area contributed by atoms with Gasteiger partial charge in [-0.15, -0.1) is 0 Å². The molecule has 1 N–H and O–H groups in total. The predicted molar refractivity (Wildman–Crippen MR) is 304 cm³/mol. The fourth-order valence-corrected chi connectivity index (χ4v) is 9.87. The molecule has 0 saturated carbocycles. The lowest BCUT2D eigenvalue weighted by Crippen LogP contribution is -2.01. The first-order valence-electron chi connectivity index (χ1n) is 23.0. The number of aromatic nitrogens is 2. The molecule has 1 radical (unpaired) electrons. The van der Waals surface area contributed by atoms with Crippen LogP contribution in [-0.2, 0) is 12.8 Å². The average molecular weight is 1100 g/mol. The van der Waals surface area contributed by atoms with Crippen LogP contribution < -0.4 is 4.65 Å². The van der Waals surface area contributed by atoms with Crippen LogP contribution in [0.3, 0.4) is 0 Å². The molecule has 339 valence electrons. The normalized spacial score (nSPS) is 11.0. The Bertz CT molecular complexity index is 3550. The van der Waals surface area contributed by atoms with Gasteiger partial charge in [-0.1, -0.05) is 199 Å². The molecule has 8 heteroatoms. The Hall–Kier alpha value is -6.94. The molecule has 2 aromatic heterocycles. The molecule has 12 aromatic rings. The minimum Gasteiger partial charge on any atom is -0.537 e. The van der Waals surface area contributed by atoms with E-state index in [-0.39, 0.29) is 0 Å². The maximum Gasteiger partial charge on any atom is 0.569 e. The van der Waals surface area contributed by atoms with E-state index in [0.717, 1.165) is 43.0 Å². The summed E-state index contributed by atoms with van der Waals surface area (Å²) in [5.74, 6) is 0.599. The molecule has 0 fully saturated rings. The van der Waals surface area contributed by atoms with E-state index in [1.54, 1.807) is 0 Å². The second-order valence-corrected chi connectivity index (χ2v) is 19.7. The molecular formula is C62H45BBr3N2O2. The molecule has 70 heavy (non-hydrogen) atoms. The number of halogens is 3. The summed E-state index contributed by atoms with van der Waals surface area (Å²) < 4.78 is 13.0. The third-order valence-corrected chi connectivity index (χ3v) is 14.0. The molecule has 0 spiro atoms. The highest BCUT2D eigenvalue weighted by molar-refractivity contribution is 9.11. The minimum absolute atomic E-state index is 0.599. The van der Waals surface area contributed by atoms with Crippen molar-refractivity contribution in [3.63, 3.8) is 0 Å². The van der Waals surface area contributed by atoms with Crippen molar-refractivity contribution in [3.05, 3.63) is 278 Å². The quantitative estimate of drug-likeness (QED) is 0.146. The third-order valence-electron chi connectivity index (χ3n) is 12.4. The van der Waals surface area contributed by atoms with Gasteiger partial charge in [0, 0.05) is 52.4 Å². The maximum absolute atomic E-state index is 8.83. The second kappa shape index (κ2) is 21.8. The summed E-state index contributed by atoms with van der Waals surface area (Å²) in [6.07, 6.45) is 1.93. The van der Waals surface area contributed by atoms with Gasteiger partial charge >= 0.3 is 7.69 Å². The molecule has 0 saturated heterocycles. The highest BCUT2D eigenvalue weighted by Gasteiger charge is 2.14. The Morgan fingerprint density at radius 1 is 0.343 bits per heavy atom. The van der Waals surface area contributed by atoms with Crippen LogP contribution in [0.15, 0.2) is 256 Å². The van der Waals surface area contributed by atoms with Crippen LogP contribution in [0.1, 0.15) is 22.3 Å². The van der Waals surface area contributed by atoms with Crippen LogP contribution in [0.25, 0.3) is 66.1 Å². The van der Waals surface area contributed by atoms with Crippen LogP contribution in [0.2, 0.25) is 0 Å². The lowest BCUT2D eigenvalue weighted by atomic mass is 10.00. The number of benzene rings is 10. The topological polar surface area (TPSA) is 39.3 Å². The largest absolute Gasteiger partial charge is 0.569 e. The van der Waals surface area contributed by atoms with Gasteiger partial charge in [-0.25, -0.2) is 0 Å². The summed E-state index contributed by atoms with van der Waals surface area (Å²) in [5, 5.41) is 13.8. The summed E-state index contributed by atoms with van der Waals surface area (Å²) in [6.45, 7) is 0. The molecule has 0 aliphatic heterocycles. The van der Waals surface area contributed by atoms with E-state index in [1.807, 2.05) is 36.4 Å². The van der Waals surface area contributed by atoms with Crippen molar-refractivity contribution >= 4 is 99.1 Å². The number of rotatable bonds is 9. The summed E-state index contributed by atoms with van der Waals surface area (Å²) >= 11 is 10.4. The molecule has 0 aliphatic rings. The highest BCUT2D eigenvalue weighted by Crippen LogP contribution is 2.35. The fraction of sp³-hybridized carbons (Fsp3) is 0.0323. The standard InChI is InChI=1S/C31H22BrN.C18H13BNO2.C13H10Br2/c32-26-18-14-23(15-19-26)20-22-12-16-24(17-13-22)25-6-5-7-27(21-25)33-30-10-3-1-8-28(30)29-9-2-4-11-31(29)33;21-19-22-14-7-5-6-13(12-14)20-17-10-3-1-8-15(17)16-9-2-4-11-18(16)20;14-12-5-1-10(2-6-12)9-11-3-7-13(15)8-4-11/h1-19,21H,20H2;1-12,21H;1-8H,9H2. The van der Waals surface area contributed by atoms with Crippen molar-refractivity contribution in [2.24, 2.45) is 0 Å². The van der Waals surface area contributed by atoms with E-state index >= 15 is 0 Å². The van der Waals surface area contributed by atoms with Crippen LogP contribution in [0, 0.1) is 0 Å². The average Bonchev–Trinajstić information content (AvgIpc) is 3.92. The van der Waals surface area contributed by atoms with Gasteiger partial charge in [0.05, 0.1) is 22.1 Å². The van der Waals surface area contributed by atoms with Crippen molar-refractivity contribution < 1.29 is 9.68 Å². The molecule has 0 atom stereocenters. The van der Waals surface area contributed by atoms with E-state index in [2.05, 4.69) is 263 Å². The highest BCUT2D eigenvalue weighted by atomic mass is 79.9. The number of hydrogen-bond donors (Lipinski definition) is 1. The van der Waals surface area contributed by atoms with Gasteiger partial charge in [0.15, 0.2) is 0 Å². The Kier molecular flexibility index (Phi) is 14.6. The van der Waals surface area contributed by atoms with E-state index in [4.69, 9.17) is 9.68 Å². The summed E-state index contributed by atoms with van der Waals surface area (Å²) in [5.41, 5.74) is 14.7. The van der Waals surface area contributed by atoms with Crippen molar-refractivity contribution in [1.29, 1.82) is 0 Å². The van der Waals surface area contributed by atoms with Gasteiger partial charge < -0.3 is 18.8 Å². The molecular weight excluding hydrogens is 1060 g/mol. The van der Waals surface area contributed by atoms with Crippen LogP contribution in [-0.4, -0.2) is 21.8 Å². The molecule has 0 unspecified atom stereocenters. The molecule has 0 aliphatic carbocycles. The maximum atomic E-state index is 8.83. The van der Waals surface area contributed by atoms with E-state index in [0.29, 0.717) is 13.4 Å². The van der Waals surface area contributed by atoms with Crippen molar-refractivity contribution in [2.75, 3.05) is 0 Å². The molecule has 10 aromatic carbocycles. The van der Waals surface area contributed by atoms with Gasteiger partial charge in [0.2, 0.25) is 0 Å². The zero-order valence-corrected chi connectivity index (χ0v) is 42.7. The minimum atomic E-state index is 0.599. The van der Waals surface area contributed by atoms with Gasteiger partial charge in [0.25, 0.3) is 0 Å². The molecule has 2 heterocycles. The number of hydrogen-bond acceptors (Lipinski definition) is 2. The van der Waals surface area contributed by atoms with Crippen molar-refractivity contribution in [1.82, 2.24) is 9.13 Å². The Morgan fingerprint density at radius 2 is 0.686 bits per heavy atom. The number of para-hydroxylation sites is 4. The first-order valence-corrected chi connectivity index (χ1v) is 25.4. The Labute approximate surface area is 434 Å². The van der Waals surface area contributed by atoms with Gasteiger partial charge in [0.1, 0.15) is 5.75 Å². The molecule has 0 bridgehead atoms. The SMILES string of the molecule is Brc1ccc(Cc2ccc(-c3cccc(-n4c5ccccc5c5ccccc54)c3)cc2)cc1.Brc1ccc(Cc2ccc(Br)cc2)cc1.O[B]Oc1cccc(-n2c3ccccc3c3ccccc32)c1. The lowest BCUT2D eigenvalue weighted by Gasteiger charge is -2.11. The van der Waals surface area contributed by atoms with Gasteiger partial charge in [-0.05, 0) is 131 Å². The molecule has 0 amide bonds.